The lowest BCUT2D eigenvalue weighted by Gasteiger charge is -2.36. The number of aromatic nitrogens is 1. The van der Waals surface area contributed by atoms with Crippen LogP contribution in [0.25, 0.3) is 0 Å². The van der Waals surface area contributed by atoms with E-state index in [1.165, 1.54) is 0 Å². The van der Waals surface area contributed by atoms with Gasteiger partial charge in [0, 0.05) is 44.0 Å². The molecule has 3 heterocycles. The molecule has 2 amide bonds. The predicted octanol–water partition coefficient (Wildman–Crippen LogP) is 3.45. The Balaban J connectivity index is 1.48. The molecule has 0 spiro atoms. The number of hydrogen-bond acceptors (Lipinski definition) is 5. The van der Waals surface area contributed by atoms with Crippen LogP contribution in [0.4, 0.5) is 18.0 Å². The molecule has 0 bridgehead atoms. The quantitative estimate of drug-likeness (QED) is 0.739. The van der Waals surface area contributed by atoms with E-state index in [0.29, 0.717) is 50.1 Å². The minimum Gasteiger partial charge on any atom is -0.444 e. The Morgan fingerprint density at radius 1 is 1.31 bits per heavy atom. The van der Waals surface area contributed by atoms with Crippen LogP contribution in [0.15, 0.2) is 12.3 Å². The highest BCUT2D eigenvalue weighted by Gasteiger charge is 2.58. The molecule has 0 aromatic carbocycles. The van der Waals surface area contributed by atoms with Crippen molar-refractivity contribution in [1.29, 1.82) is 0 Å². The lowest BCUT2D eigenvalue weighted by molar-refractivity contribution is -0.145. The molecule has 2 aliphatic heterocycles. The van der Waals surface area contributed by atoms with Crippen molar-refractivity contribution in [3.8, 4) is 0 Å². The van der Waals surface area contributed by atoms with Crippen LogP contribution in [0.5, 0.6) is 0 Å². The average Bonchev–Trinajstić information content (AvgIpc) is 3.22. The summed E-state index contributed by atoms with van der Waals surface area (Å²) in [5.41, 5.74) is -1.21. The topological polar surface area (TPSA) is 80.8 Å². The van der Waals surface area contributed by atoms with Crippen LogP contribution in [0.2, 0.25) is 0 Å². The summed E-state index contributed by atoms with van der Waals surface area (Å²) in [6.45, 7) is 6.25. The Bertz CT molecular complexity index is 915. The smallest absolute Gasteiger partial charge is 0.417 e. The van der Waals surface area contributed by atoms with Crippen LogP contribution in [0, 0.1) is 5.41 Å². The van der Waals surface area contributed by atoms with Crippen molar-refractivity contribution >= 4 is 12.0 Å². The molecule has 3 atom stereocenters. The lowest BCUT2D eigenvalue weighted by Crippen LogP contribution is -2.48. The van der Waals surface area contributed by atoms with E-state index in [9.17, 15) is 22.8 Å². The van der Waals surface area contributed by atoms with Gasteiger partial charge in [0.2, 0.25) is 5.91 Å². The summed E-state index contributed by atoms with van der Waals surface area (Å²) >= 11 is 0. The van der Waals surface area contributed by atoms with E-state index in [1.807, 2.05) is 0 Å². The van der Waals surface area contributed by atoms with Gasteiger partial charge < -0.3 is 19.7 Å². The summed E-state index contributed by atoms with van der Waals surface area (Å²) in [4.78, 5) is 31.4. The number of alkyl halides is 3. The Morgan fingerprint density at radius 2 is 2.06 bits per heavy atom. The maximum absolute atomic E-state index is 13.6. The van der Waals surface area contributed by atoms with Gasteiger partial charge in [0.25, 0.3) is 0 Å². The average molecular weight is 455 g/mol. The first-order chi connectivity index (χ1) is 14.9. The second kappa shape index (κ2) is 7.90. The molecule has 0 radical (unpaired) electrons. The second-order valence-electron chi connectivity index (χ2n) is 9.85. The minimum atomic E-state index is -4.48. The lowest BCUT2D eigenvalue weighted by atomic mass is 9.80. The van der Waals surface area contributed by atoms with Crippen LogP contribution < -0.4 is 5.32 Å². The van der Waals surface area contributed by atoms with Gasteiger partial charge >= 0.3 is 12.3 Å². The molecule has 0 unspecified atom stereocenters. The number of fused-ring (bicyclic) bond motifs is 2. The standard InChI is InChI=1S/C22H28F3N3O4/c1-20(2,3)32-19(30)27-15-9-17-21(10-15,5-7-31-17)18(29)28-6-4-16-13(12-28)8-14(11-26-16)22(23,24)25/h8,11,15,17H,4-7,9-10,12H2,1-3H3,(H,27,30)/t15-,17-,21-/m1/s1. The highest BCUT2D eigenvalue weighted by atomic mass is 19.4. The van der Waals surface area contributed by atoms with Crippen LogP contribution in [-0.2, 0) is 33.4 Å². The molecule has 10 heteroatoms. The molecule has 176 valence electrons. The van der Waals surface area contributed by atoms with Crippen LogP contribution in [0.1, 0.15) is 56.9 Å². The first-order valence-corrected chi connectivity index (χ1v) is 10.8. The van der Waals surface area contributed by atoms with Gasteiger partial charge in [0.15, 0.2) is 0 Å². The molecule has 1 saturated carbocycles. The Morgan fingerprint density at radius 3 is 2.75 bits per heavy atom. The number of nitrogens with zero attached hydrogens (tertiary/aromatic N) is 2. The normalized spacial score (nSPS) is 27.6. The van der Waals surface area contributed by atoms with Gasteiger partial charge in [-0.15, -0.1) is 0 Å². The second-order valence-corrected chi connectivity index (χ2v) is 9.85. The zero-order valence-corrected chi connectivity index (χ0v) is 18.4. The molecule has 7 nitrogen and oxygen atoms in total. The Hall–Kier alpha value is -2.36. The first kappa shape index (κ1) is 22.8. The molecular formula is C22H28F3N3O4. The fourth-order valence-corrected chi connectivity index (χ4v) is 5.00. The number of pyridine rings is 1. The third-order valence-electron chi connectivity index (χ3n) is 6.39. The first-order valence-electron chi connectivity index (χ1n) is 10.8. The minimum absolute atomic E-state index is 0.0870. The fourth-order valence-electron chi connectivity index (χ4n) is 5.00. The predicted molar refractivity (Wildman–Crippen MR) is 108 cm³/mol. The molecule has 1 aliphatic carbocycles. The number of carbonyl (C=O) groups is 2. The molecule has 1 N–H and O–H groups in total. The maximum Gasteiger partial charge on any atom is 0.417 e. The number of carbonyl (C=O) groups excluding carboxylic acids is 2. The molecule has 32 heavy (non-hydrogen) atoms. The number of nitrogens with one attached hydrogen (secondary N) is 1. The van der Waals surface area contributed by atoms with E-state index in [1.54, 1.807) is 25.7 Å². The Kier molecular flexibility index (Phi) is 5.63. The Labute approximate surface area is 184 Å². The monoisotopic (exact) mass is 455 g/mol. The van der Waals surface area contributed by atoms with Crippen LogP contribution >= 0.6 is 0 Å². The van der Waals surface area contributed by atoms with Gasteiger partial charge in [-0.3, -0.25) is 9.78 Å². The van der Waals surface area contributed by atoms with E-state index in [2.05, 4.69) is 10.3 Å². The van der Waals surface area contributed by atoms with Gasteiger partial charge in [0.05, 0.1) is 17.1 Å². The van der Waals surface area contributed by atoms with Gasteiger partial charge in [0.1, 0.15) is 5.60 Å². The zero-order valence-electron chi connectivity index (χ0n) is 18.4. The molecule has 3 aliphatic rings. The summed E-state index contributed by atoms with van der Waals surface area (Å²) in [7, 11) is 0. The summed E-state index contributed by atoms with van der Waals surface area (Å²) < 4.78 is 50.5. The summed E-state index contributed by atoms with van der Waals surface area (Å²) in [5, 5.41) is 2.84. The summed E-state index contributed by atoms with van der Waals surface area (Å²) in [6.07, 6.45) is -2.68. The number of rotatable bonds is 2. The van der Waals surface area contributed by atoms with Gasteiger partial charge in [-0.25, -0.2) is 4.79 Å². The fraction of sp³-hybridized carbons (Fsp3) is 0.682. The van der Waals surface area contributed by atoms with Crippen molar-refractivity contribution < 1.29 is 32.2 Å². The molecule has 4 rings (SSSR count). The van der Waals surface area contributed by atoms with Crippen molar-refractivity contribution in [2.75, 3.05) is 13.2 Å². The molecule has 1 saturated heterocycles. The van der Waals surface area contributed by atoms with Crippen molar-refractivity contribution in [3.05, 3.63) is 29.1 Å². The molecule has 2 fully saturated rings. The number of ether oxygens (including phenoxy) is 2. The van der Waals surface area contributed by atoms with Crippen LogP contribution in [-0.4, -0.2) is 52.8 Å². The third kappa shape index (κ3) is 4.42. The highest BCUT2D eigenvalue weighted by Crippen LogP contribution is 2.49. The third-order valence-corrected chi connectivity index (χ3v) is 6.39. The molecule has 1 aromatic rings. The largest absolute Gasteiger partial charge is 0.444 e. The number of halogens is 3. The summed E-state index contributed by atoms with van der Waals surface area (Å²) in [5.74, 6) is -0.128. The highest BCUT2D eigenvalue weighted by molar-refractivity contribution is 5.85. The maximum atomic E-state index is 13.6. The van der Waals surface area contributed by atoms with E-state index >= 15 is 0 Å². The molecular weight excluding hydrogens is 427 g/mol. The van der Waals surface area contributed by atoms with E-state index < -0.39 is 28.8 Å². The number of amides is 2. The van der Waals surface area contributed by atoms with Crippen molar-refractivity contribution in [1.82, 2.24) is 15.2 Å². The van der Waals surface area contributed by atoms with Crippen molar-refractivity contribution in [2.24, 2.45) is 5.41 Å². The van der Waals surface area contributed by atoms with Crippen molar-refractivity contribution in [2.45, 2.75) is 76.9 Å². The van der Waals surface area contributed by atoms with Gasteiger partial charge in [-0.05, 0) is 51.7 Å². The van der Waals surface area contributed by atoms with E-state index in [-0.39, 0.29) is 24.6 Å². The SMILES string of the molecule is CC(C)(C)OC(=O)N[C@@H]1C[C@H]2OCC[C@@]2(C(=O)N2CCc3ncc(C(F)(F)F)cc3C2)C1. The number of hydrogen-bond donors (Lipinski definition) is 1. The summed E-state index contributed by atoms with van der Waals surface area (Å²) in [6, 6.07) is 0.818. The number of alkyl carbamates (subject to hydrolysis) is 1. The van der Waals surface area contributed by atoms with E-state index in [0.717, 1.165) is 12.3 Å². The van der Waals surface area contributed by atoms with Crippen LogP contribution in [0.3, 0.4) is 0 Å². The van der Waals surface area contributed by atoms with Crippen molar-refractivity contribution in [3.63, 3.8) is 0 Å². The molecule has 1 aromatic heterocycles. The zero-order chi connectivity index (χ0) is 23.3. The van der Waals surface area contributed by atoms with E-state index in [4.69, 9.17) is 9.47 Å². The van der Waals surface area contributed by atoms with Gasteiger partial charge in [-0.1, -0.05) is 0 Å². The van der Waals surface area contributed by atoms with Gasteiger partial charge in [-0.2, -0.15) is 13.2 Å².